The minimum Gasteiger partial charge on any atom is -0.467 e. The molecule has 0 aliphatic heterocycles. The van der Waals surface area contributed by atoms with Crippen molar-refractivity contribution >= 4 is 29.3 Å². The van der Waals surface area contributed by atoms with E-state index < -0.39 is 0 Å². The van der Waals surface area contributed by atoms with E-state index in [0.717, 1.165) is 24.4 Å². The lowest BCUT2D eigenvalue weighted by molar-refractivity contribution is -0.118. The molecule has 0 bridgehead atoms. The van der Waals surface area contributed by atoms with Crippen LogP contribution in [0.2, 0.25) is 0 Å². The summed E-state index contributed by atoms with van der Waals surface area (Å²) in [5.41, 5.74) is 1.57. The first-order valence-electron chi connectivity index (χ1n) is 9.35. The number of carbonyl (C=O) groups excluding carboxylic acids is 2. The first-order valence-corrected chi connectivity index (χ1v) is 10.3. The van der Waals surface area contributed by atoms with Gasteiger partial charge in [-0.3, -0.25) is 14.2 Å². The summed E-state index contributed by atoms with van der Waals surface area (Å²) in [6.45, 7) is 1.83. The summed E-state index contributed by atoms with van der Waals surface area (Å²) in [6, 6.07) is 11.1. The van der Waals surface area contributed by atoms with Crippen molar-refractivity contribution in [1.82, 2.24) is 20.1 Å². The number of amides is 2. The van der Waals surface area contributed by atoms with Crippen LogP contribution in [-0.2, 0) is 16.1 Å². The Morgan fingerprint density at radius 2 is 2.10 bits per heavy atom. The standard InChI is InChI=1S/C20H21N5O3S/c1-13(26)22-15-4-2-5-16(10-15)25-19(14-7-8-14)23-24-20(25)29-12-18(27)21-11-17-6-3-9-28-17/h2-6,9-10,14H,7-8,11-12H2,1H3,(H,21,27)(H,22,26). The molecule has 0 radical (unpaired) electrons. The van der Waals surface area contributed by atoms with E-state index in [1.807, 2.05) is 34.9 Å². The number of thioether (sulfide) groups is 1. The number of nitrogens with zero attached hydrogens (tertiary/aromatic N) is 3. The lowest BCUT2D eigenvalue weighted by Gasteiger charge is -2.11. The molecule has 1 aliphatic rings. The van der Waals surface area contributed by atoms with Gasteiger partial charge in [-0.2, -0.15) is 0 Å². The molecule has 1 fully saturated rings. The topological polar surface area (TPSA) is 102 Å². The van der Waals surface area contributed by atoms with Crippen molar-refractivity contribution in [1.29, 1.82) is 0 Å². The number of benzene rings is 1. The second-order valence-corrected chi connectivity index (χ2v) is 7.77. The smallest absolute Gasteiger partial charge is 0.230 e. The minimum absolute atomic E-state index is 0.110. The highest BCUT2D eigenvalue weighted by Gasteiger charge is 2.31. The summed E-state index contributed by atoms with van der Waals surface area (Å²) in [7, 11) is 0. The second-order valence-electron chi connectivity index (χ2n) is 6.83. The van der Waals surface area contributed by atoms with Gasteiger partial charge in [0.2, 0.25) is 11.8 Å². The average molecular weight is 411 g/mol. The predicted molar refractivity (Wildman–Crippen MR) is 109 cm³/mol. The molecule has 2 heterocycles. The van der Waals surface area contributed by atoms with E-state index in [0.29, 0.717) is 29.1 Å². The van der Waals surface area contributed by atoms with Crippen LogP contribution in [0, 0.1) is 0 Å². The Balaban J connectivity index is 1.49. The Kier molecular flexibility index (Phi) is 5.66. The molecule has 0 unspecified atom stereocenters. The summed E-state index contributed by atoms with van der Waals surface area (Å²) in [4.78, 5) is 23.6. The van der Waals surface area contributed by atoms with Gasteiger partial charge in [-0.25, -0.2) is 0 Å². The zero-order valence-corrected chi connectivity index (χ0v) is 16.7. The summed E-state index contributed by atoms with van der Waals surface area (Å²) < 4.78 is 7.20. The third-order valence-electron chi connectivity index (χ3n) is 4.40. The molecule has 2 N–H and O–H groups in total. The highest BCUT2D eigenvalue weighted by molar-refractivity contribution is 7.99. The predicted octanol–water partition coefficient (Wildman–Crippen LogP) is 3.10. The molecular weight excluding hydrogens is 390 g/mol. The molecule has 1 saturated carbocycles. The summed E-state index contributed by atoms with van der Waals surface area (Å²) in [5, 5.41) is 15.0. The molecule has 0 atom stereocenters. The fourth-order valence-corrected chi connectivity index (χ4v) is 3.72. The molecule has 9 heteroatoms. The third-order valence-corrected chi connectivity index (χ3v) is 5.33. The molecule has 2 aromatic heterocycles. The molecule has 8 nitrogen and oxygen atoms in total. The first kappa shape index (κ1) is 19.3. The quantitative estimate of drug-likeness (QED) is 0.552. The Bertz CT molecular complexity index is 1010. The molecule has 0 spiro atoms. The van der Waals surface area contributed by atoms with Crippen molar-refractivity contribution < 1.29 is 14.0 Å². The van der Waals surface area contributed by atoms with Crippen LogP contribution in [0.1, 0.15) is 37.3 Å². The van der Waals surface area contributed by atoms with Crippen LogP contribution in [0.3, 0.4) is 0 Å². The summed E-state index contributed by atoms with van der Waals surface area (Å²) in [6.07, 6.45) is 3.74. The number of carbonyl (C=O) groups is 2. The number of anilines is 1. The summed E-state index contributed by atoms with van der Waals surface area (Å²) in [5.74, 6) is 1.96. The number of nitrogens with one attached hydrogen (secondary N) is 2. The monoisotopic (exact) mass is 411 g/mol. The molecule has 29 heavy (non-hydrogen) atoms. The van der Waals surface area contributed by atoms with Crippen LogP contribution in [0.5, 0.6) is 0 Å². The molecule has 0 saturated heterocycles. The molecule has 4 rings (SSSR count). The van der Waals surface area contributed by atoms with E-state index in [2.05, 4.69) is 20.8 Å². The lowest BCUT2D eigenvalue weighted by atomic mass is 10.2. The minimum atomic E-state index is -0.129. The SMILES string of the molecule is CC(=O)Nc1cccc(-n2c(SCC(=O)NCc3ccco3)nnc2C2CC2)c1. The zero-order valence-electron chi connectivity index (χ0n) is 15.9. The van der Waals surface area contributed by atoms with Gasteiger partial charge in [0, 0.05) is 18.5 Å². The van der Waals surface area contributed by atoms with Crippen molar-refractivity contribution in [2.45, 2.75) is 37.4 Å². The van der Waals surface area contributed by atoms with Gasteiger partial charge in [0.25, 0.3) is 0 Å². The van der Waals surface area contributed by atoms with Crippen LogP contribution >= 0.6 is 11.8 Å². The van der Waals surface area contributed by atoms with Crippen molar-refractivity contribution in [3.8, 4) is 5.69 Å². The number of hydrogen-bond donors (Lipinski definition) is 2. The van der Waals surface area contributed by atoms with Gasteiger partial charge >= 0.3 is 0 Å². The van der Waals surface area contributed by atoms with Crippen molar-refractivity contribution in [2.24, 2.45) is 0 Å². The van der Waals surface area contributed by atoms with E-state index in [-0.39, 0.29) is 17.6 Å². The van der Waals surface area contributed by atoms with Crippen molar-refractivity contribution in [3.05, 3.63) is 54.2 Å². The lowest BCUT2D eigenvalue weighted by Crippen LogP contribution is -2.24. The van der Waals surface area contributed by atoms with Gasteiger partial charge in [0.05, 0.1) is 24.2 Å². The highest BCUT2D eigenvalue weighted by Crippen LogP contribution is 2.41. The van der Waals surface area contributed by atoms with Gasteiger partial charge in [-0.05, 0) is 43.2 Å². The molecule has 150 valence electrons. The molecular formula is C20H21N5O3S. The maximum absolute atomic E-state index is 12.2. The van der Waals surface area contributed by atoms with Gasteiger partial charge < -0.3 is 15.1 Å². The number of furan rings is 1. The van der Waals surface area contributed by atoms with Gasteiger partial charge in [-0.1, -0.05) is 17.8 Å². The van der Waals surface area contributed by atoms with Crippen molar-refractivity contribution in [3.63, 3.8) is 0 Å². The highest BCUT2D eigenvalue weighted by atomic mass is 32.2. The van der Waals surface area contributed by atoms with E-state index in [1.165, 1.54) is 18.7 Å². The maximum atomic E-state index is 12.2. The number of aromatic nitrogens is 3. The zero-order chi connectivity index (χ0) is 20.2. The van der Waals surface area contributed by atoms with E-state index in [4.69, 9.17) is 4.42 Å². The molecule has 2 amide bonds. The molecule has 1 aromatic carbocycles. The first-order chi connectivity index (χ1) is 14.1. The van der Waals surface area contributed by atoms with E-state index in [1.54, 1.807) is 12.3 Å². The molecule has 3 aromatic rings. The number of rotatable bonds is 8. The Hall–Kier alpha value is -3.07. The molecule has 1 aliphatic carbocycles. The van der Waals surface area contributed by atoms with Crippen LogP contribution < -0.4 is 10.6 Å². The normalized spacial score (nSPS) is 13.3. The Labute approximate surface area is 172 Å². The van der Waals surface area contributed by atoms with E-state index >= 15 is 0 Å². The van der Waals surface area contributed by atoms with Crippen molar-refractivity contribution in [2.75, 3.05) is 11.1 Å². The summed E-state index contributed by atoms with van der Waals surface area (Å²) >= 11 is 1.33. The van der Waals surface area contributed by atoms with Crippen LogP contribution in [0.4, 0.5) is 5.69 Å². The van der Waals surface area contributed by atoms with Gasteiger partial charge in [0.15, 0.2) is 5.16 Å². The Morgan fingerprint density at radius 1 is 1.24 bits per heavy atom. The fourth-order valence-electron chi connectivity index (χ4n) is 2.93. The average Bonchev–Trinajstić information content (AvgIpc) is 3.24. The largest absolute Gasteiger partial charge is 0.467 e. The number of hydrogen-bond acceptors (Lipinski definition) is 6. The fraction of sp³-hybridized carbons (Fsp3) is 0.300. The third kappa shape index (κ3) is 4.86. The Morgan fingerprint density at radius 3 is 2.83 bits per heavy atom. The van der Waals surface area contributed by atoms with Gasteiger partial charge in [0.1, 0.15) is 11.6 Å². The van der Waals surface area contributed by atoms with Crippen LogP contribution in [0.15, 0.2) is 52.2 Å². The van der Waals surface area contributed by atoms with Crippen LogP contribution in [-0.4, -0.2) is 32.3 Å². The van der Waals surface area contributed by atoms with Crippen LogP contribution in [0.25, 0.3) is 5.69 Å². The van der Waals surface area contributed by atoms with Gasteiger partial charge in [-0.15, -0.1) is 10.2 Å². The maximum Gasteiger partial charge on any atom is 0.230 e. The second kappa shape index (κ2) is 8.52. The van der Waals surface area contributed by atoms with E-state index in [9.17, 15) is 9.59 Å².